The van der Waals surface area contributed by atoms with Crippen LogP contribution in [0.1, 0.15) is 29.9 Å². The van der Waals surface area contributed by atoms with Gasteiger partial charge in [0.25, 0.3) is 0 Å². The summed E-state index contributed by atoms with van der Waals surface area (Å²) in [5.41, 5.74) is 3.37. The molecule has 0 radical (unpaired) electrons. The number of carbonyl (C=O) groups is 1. The molecule has 0 spiro atoms. The Balaban J connectivity index is 1.65. The Morgan fingerprint density at radius 2 is 2.04 bits per heavy atom. The van der Waals surface area contributed by atoms with Crippen LogP contribution in [-0.2, 0) is 0 Å². The molecule has 0 aliphatic rings. The number of anilines is 1. The van der Waals surface area contributed by atoms with Gasteiger partial charge in [0.2, 0.25) is 0 Å². The molecule has 0 saturated heterocycles. The van der Waals surface area contributed by atoms with Gasteiger partial charge in [0, 0.05) is 29.6 Å². The van der Waals surface area contributed by atoms with E-state index < -0.39 is 0 Å². The number of hydrogen-bond acceptors (Lipinski definition) is 4. The van der Waals surface area contributed by atoms with Crippen LogP contribution >= 0.6 is 0 Å². The van der Waals surface area contributed by atoms with Gasteiger partial charge in [-0.3, -0.25) is 4.98 Å². The second-order valence-electron chi connectivity index (χ2n) is 5.85. The van der Waals surface area contributed by atoms with Gasteiger partial charge in [0.1, 0.15) is 5.76 Å². The third-order valence-corrected chi connectivity index (χ3v) is 4.03. The number of amides is 2. The van der Waals surface area contributed by atoms with Crippen LogP contribution in [0.15, 0.2) is 41.1 Å². The molecule has 0 fully saturated rings. The number of hydrogen-bond donors (Lipinski definition) is 2. The van der Waals surface area contributed by atoms with Crippen molar-refractivity contribution >= 4 is 22.6 Å². The summed E-state index contributed by atoms with van der Waals surface area (Å²) in [5, 5.41) is 10.7. The van der Waals surface area contributed by atoms with E-state index in [1.54, 1.807) is 6.20 Å². The highest BCUT2D eigenvalue weighted by atomic mass is 16.5. The van der Waals surface area contributed by atoms with Crippen LogP contribution in [0.2, 0.25) is 0 Å². The molecule has 2 amide bonds. The van der Waals surface area contributed by atoms with E-state index in [-0.39, 0.29) is 11.9 Å². The minimum absolute atomic E-state index is 0.118. The maximum atomic E-state index is 12.2. The first-order chi connectivity index (χ1) is 11.6. The highest BCUT2D eigenvalue weighted by Crippen LogP contribution is 2.23. The Labute approximate surface area is 140 Å². The predicted molar refractivity (Wildman–Crippen MR) is 93.2 cm³/mol. The highest BCUT2D eigenvalue weighted by Gasteiger charge is 2.17. The number of aryl methyl sites for hydroxylation is 2. The standard InChI is InChI=1S/C18H20N4O2/c1-11(16-12(2)22-24-13(16)3)10-20-18(23)21-15-8-4-6-14-7-5-9-19-17(14)15/h4-9,11H,10H2,1-3H3,(H2,20,21,23)/t11-/m0/s1. The van der Waals surface area contributed by atoms with E-state index in [0.717, 1.165) is 27.9 Å². The molecular weight excluding hydrogens is 304 g/mol. The second-order valence-corrected chi connectivity index (χ2v) is 5.85. The number of fused-ring (bicyclic) bond motifs is 1. The fraction of sp³-hybridized carbons (Fsp3) is 0.278. The quantitative estimate of drug-likeness (QED) is 0.765. The number of rotatable bonds is 4. The molecule has 0 aliphatic heterocycles. The van der Waals surface area contributed by atoms with Crippen molar-refractivity contribution in [2.45, 2.75) is 26.7 Å². The van der Waals surface area contributed by atoms with Gasteiger partial charge in [-0.05, 0) is 26.0 Å². The summed E-state index contributed by atoms with van der Waals surface area (Å²) >= 11 is 0. The summed E-state index contributed by atoms with van der Waals surface area (Å²) in [5.74, 6) is 0.910. The predicted octanol–water partition coefficient (Wildman–Crippen LogP) is 3.76. The van der Waals surface area contributed by atoms with Crippen LogP contribution in [0.3, 0.4) is 0 Å². The van der Waals surface area contributed by atoms with E-state index in [9.17, 15) is 4.79 Å². The first kappa shape index (κ1) is 16.0. The Bertz CT molecular complexity index is 848. The molecule has 0 aliphatic carbocycles. The van der Waals surface area contributed by atoms with Crippen LogP contribution in [0.5, 0.6) is 0 Å². The van der Waals surface area contributed by atoms with Crippen molar-refractivity contribution in [3.63, 3.8) is 0 Å². The number of carbonyl (C=O) groups excluding carboxylic acids is 1. The molecule has 24 heavy (non-hydrogen) atoms. The van der Waals surface area contributed by atoms with E-state index in [0.29, 0.717) is 12.2 Å². The van der Waals surface area contributed by atoms with E-state index in [1.165, 1.54) is 0 Å². The van der Waals surface area contributed by atoms with Crippen LogP contribution in [-0.4, -0.2) is 22.7 Å². The van der Waals surface area contributed by atoms with Crippen molar-refractivity contribution in [1.29, 1.82) is 0 Å². The fourth-order valence-corrected chi connectivity index (χ4v) is 2.91. The van der Waals surface area contributed by atoms with Gasteiger partial charge in [-0.15, -0.1) is 0 Å². The van der Waals surface area contributed by atoms with E-state index in [2.05, 4.69) is 20.8 Å². The van der Waals surface area contributed by atoms with Crippen LogP contribution < -0.4 is 10.6 Å². The molecule has 6 heteroatoms. The number of pyridine rings is 1. The largest absolute Gasteiger partial charge is 0.361 e. The van der Waals surface area contributed by atoms with Gasteiger partial charge in [-0.2, -0.15) is 0 Å². The van der Waals surface area contributed by atoms with Crippen LogP contribution in [0, 0.1) is 13.8 Å². The lowest BCUT2D eigenvalue weighted by Gasteiger charge is -2.14. The minimum atomic E-state index is -0.258. The zero-order valence-corrected chi connectivity index (χ0v) is 14.0. The summed E-state index contributed by atoms with van der Waals surface area (Å²) < 4.78 is 5.18. The molecule has 0 unspecified atom stereocenters. The summed E-state index contributed by atoms with van der Waals surface area (Å²) in [6.07, 6.45) is 1.71. The molecular formula is C18H20N4O2. The highest BCUT2D eigenvalue weighted by molar-refractivity contribution is 5.99. The normalized spacial score (nSPS) is 12.1. The molecule has 2 heterocycles. The lowest BCUT2D eigenvalue weighted by atomic mass is 10.00. The number of benzene rings is 1. The Morgan fingerprint density at radius 1 is 1.25 bits per heavy atom. The molecule has 124 valence electrons. The number of para-hydroxylation sites is 1. The molecule has 1 atom stereocenters. The van der Waals surface area contributed by atoms with Gasteiger partial charge in [-0.25, -0.2) is 4.79 Å². The van der Waals surface area contributed by atoms with E-state index in [1.807, 2.05) is 51.1 Å². The van der Waals surface area contributed by atoms with E-state index in [4.69, 9.17) is 4.52 Å². The Morgan fingerprint density at radius 3 is 2.79 bits per heavy atom. The van der Waals surface area contributed by atoms with Gasteiger partial charge in [-0.1, -0.05) is 30.3 Å². The molecule has 0 saturated carbocycles. The number of nitrogens with one attached hydrogen (secondary N) is 2. The zero-order valence-electron chi connectivity index (χ0n) is 14.0. The Kier molecular flexibility index (Phi) is 4.46. The zero-order chi connectivity index (χ0) is 17.1. The van der Waals surface area contributed by atoms with Gasteiger partial charge in [0.15, 0.2) is 0 Å². The van der Waals surface area contributed by atoms with Crippen molar-refractivity contribution in [3.05, 3.63) is 53.5 Å². The van der Waals surface area contributed by atoms with Crippen molar-refractivity contribution in [2.75, 3.05) is 11.9 Å². The maximum absolute atomic E-state index is 12.2. The average molecular weight is 324 g/mol. The lowest BCUT2D eigenvalue weighted by Crippen LogP contribution is -2.32. The van der Waals surface area contributed by atoms with E-state index >= 15 is 0 Å². The lowest BCUT2D eigenvalue weighted by molar-refractivity contribution is 0.251. The minimum Gasteiger partial charge on any atom is -0.361 e. The molecule has 3 aromatic rings. The monoisotopic (exact) mass is 324 g/mol. The smallest absolute Gasteiger partial charge is 0.319 e. The Hall–Kier alpha value is -2.89. The summed E-state index contributed by atoms with van der Waals surface area (Å²) in [6, 6.07) is 9.28. The molecule has 3 rings (SSSR count). The van der Waals surface area contributed by atoms with Crippen molar-refractivity contribution in [2.24, 2.45) is 0 Å². The summed E-state index contributed by atoms with van der Waals surface area (Å²) in [6.45, 7) is 6.32. The second kappa shape index (κ2) is 6.70. The summed E-state index contributed by atoms with van der Waals surface area (Å²) in [4.78, 5) is 16.5. The number of urea groups is 1. The summed E-state index contributed by atoms with van der Waals surface area (Å²) in [7, 11) is 0. The molecule has 0 bridgehead atoms. The first-order valence-electron chi connectivity index (χ1n) is 7.87. The SMILES string of the molecule is Cc1noc(C)c1[C@@H](C)CNC(=O)Nc1cccc2cccnc12. The maximum Gasteiger partial charge on any atom is 0.319 e. The molecule has 6 nitrogen and oxygen atoms in total. The third kappa shape index (κ3) is 3.22. The third-order valence-electron chi connectivity index (χ3n) is 4.03. The van der Waals surface area contributed by atoms with Crippen LogP contribution in [0.4, 0.5) is 10.5 Å². The van der Waals surface area contributed by atoms with Crippen molar-refractivity contribution in [1.82, 2.24) is 15.5 Å². The van der Waals surface area contributed by atoms with Gasteiger partial charge >= 0.3 is 6.03 Å². The van der Waals surface area contributed by atoms with Gasteiger partial charge < -0.3 is 15.2 Å². The van der Waals surface area contributed by atoms with Crippen LogP contribution in [0.25, 0.3) is 10.9 Å². The number of aromatic nitrogens is 2. The average Bonchev–Trinajstić information content (AvgIpc) is 2.92. The molecule has 2 N–H and O–H groups in total. The number of nitrogens with zero attached hydrogens (tertiary/aromatic N) is 2. The topological polar surface area (TPSA) is 80.0 Å². The first-order valence-corrected chi connectivity index (χ1v) is 7.87. The molecule has 2 aromatic heterocycles. The fourth-order valence-electron chi connectivity index (χ4n) is 2.91. The molecule has 1 aromatic carbocycles. The van der Waals surface area contributed by atoms with Gasteiger partial charge in [0.05, 0.1) is 16.9 Å². The van der Waals surface area contributed by atoms with Crippen molar-refractivity contribution < 1.29 is 9.32 Å². The van der Waals surface area contributed by atoms with Crippen molar-refractivity contribution in [3.8, 4) is 0 Å².